The van der Waals surface area contributed by atoms with Crippen molar-refractivity contribution >= 4 is 22.4 Å². The number of hydrogen-bond acceptors (Lipinski definition) is 3. The number of carbonyl (C=O) groups excluding carboxylic acids is 1. The van der Waals surface area contributed by atoms with E-state index >= 15 is 0 Å². The normalized spacial score (nSPS) is 18.6. The highest BCUT2D eigenvalue weighted by Crippen LogP contribution is 2.29. The fourth-order valence-electron chi connectivity index (χ4n) is 2.53. The van der Waals surface area contributed by atoms with Crippen LogP contribution in [0.15, 0.2) is 36.4 Å². The minimum atomic E-state index is -0.104. The van der Waals surface area contributed by atoms with Gasteiger partial charge in [-0.2, -0.15) is 0 Å². The van der Waals surface area contributed by atoms with Crippen molar-refractivity contribution in [2.75, 3.05) is 11.9 Å². The fraction of sp³-hybridized carbons (Fsp3) is 0.267. The van der Waals surface area contributed by atoms with Crippen molar-refractivity contribution in [2.24, 2.45) is 0 Å². The van der Waals surface area contributed by atoms with Crippen molar-refractivity contribution in [1.82, 2.24) is 5.32 Å². The molecule has 0 unspecified atom stereocenters. The summed E-state index contributed by atoms with van der Waals surface area (Å²) in [6.45, 7) is 0.897. The molecule has 1 atom stereocenters. The summed E-state index contributed by atoms with van der Waals surface area (Å²) in [5.41, 5.74) is 0.743. The molecule has 2 aromatic rings. The van der Waals surface area contributed by atoms with Crippen molar-refractivity contribution in [3.8, 4) is 5.75 Å². The van der Waals surface area contributed by atoms with E-state index in [2.05, 4.69) is 10.6 Å². The third kappa shape index (κ3) is 2.27. The van der Waals surface area contributed by atoms with E-state index in [9.17, 15) is 9.90 Å². The molecule has 0 spiro atoms. The van der Waals surface area contributed by atoms with Crippen LogP contribution >= 0.6 is 0 Å². The minimum absolute atomic E-state index is 0.00616. The molecule has 0 saturated carbocycles. The summed E-state index contributed by atoms with van der Waals surface area (Å²) in [6, 6.07) is 10.7. The van der Waals surface area contributed by atoms with Crippen LogP contribution in [0.1, 0.15) is 12.8 Å². The van der Waals surface area contributed by atoms with E-state index < -0.39 is 0 Å². The van der Waals surface area contributed by atoms with E-state index in [-0.39, 0.29) is 17.7 Å². The van der Waals surface area contributed by atoms with Gasteiger partial charge in [-0.3, -0.25) is 4.79 Å². The molecule has 0 radical (unpaired) electrons. The Hall–Kier alpha value is -2.07. The molecule has 1 saturated heterocycles. The van der Waals surface area contributed by atoms with E-state index in [1.54, 1.807) is 12.1 Å². The molecule has 1 fully saturated rings. The van der Waals surface area contributed by atoms with Crippen LogP contribution in [-0.4, -0.2) is 23.6 Å². The number of benzene rings is 2. The topological polar surface area (TPSA) is 61.4 Å². The maximum Gasteiger partial charge on any atom is 0.241 e. The molecule has 98 valence electrons. The van der Waals surface area contributed by atoms with Gasteiger partial charge in [0, 0.05) is 16.5 Å². The number of amides is 1. The fourth-order valence-corrected chi connectivity index (χ4v) is 2.53. The van der Waals surface area contributed by atoms with Gasteiger partial charge >= 0.3 is 0 Å². The van der Waals surface area contributed by atoms with Gasteiger partial charge in [0.2, 0.25) is 5.91 Å². The molecule has 4 nitrogen and oxygen atoms in total. The van der Waals surface area contributed by atoms with Crippen LogP contribution in [0.25, 0.3) is 10.8 Å². The lowest BCUT2D eigenvalue weighted by Gasteiger charge is -2.13. The van der Waals surface area contributed by atoms with Gasteiger partial charge < -0.3 is 15.7 Å². The highest BCUT2D eigenvalue weighted by atomic mass is 16.3. The molecule has 0 aromatic heterocycles. The lowest BCUT2D eigenvalue weighted by molar-refractivity contribution is -0.117. The molecular formula is C15H16N2O2. The van der Waals surface area contributed by atoms with Gasteiger partial charge in [0.15, 0.2) is 0 Å². The lowest BCUT2D eigenvalue weighted by Crippen LogP contribution is -2.35. The standard InChI is InChI=1S/C15H16N2O2/c18-14-8-2-4-10-11(14)5-1-6-12(10)17-15(19)13-7-3-9-16-13/h1-2,4-6,8,13,16,18H,3,7,9H2,(H,17,19)/t13-/m1/s1. The first kappa shape index (κ1) is 12.0. The van der Waals surface area contributed by atoms with E-state index in [0.29, 0.717) is 0 Å². The molecule has 1 amide bonds. The SMILES string of the molecule is O=C(Nc1cccc2c(O)cccc12)[C@H]1CCCN1. The maximum atomic E-state index is 12.1. The molecule has 3 N–H and O–H groups in total. The van der Waals surface area contributed by atoms with E-state index in [1.165, 1.54) is 0 Å². The largest absolute Gasteiger partial charge is 0.507 e. The molecule has 3 rings (SSSR count). The Balaban J connectivity index is 1.92. The molecule has 0 bridgehead atoms. The third-order valence-corrected chi connectivity index (χ3v) is 3.53. The Morgan fingerprint density at radius 3 is 2.79 bits per heavy atom. The molecular weight excluding hydrogens is 240 g/mol. The Morgan fingerprint density at radius 2 is 2.00 bits per heavy atom. The summed E-state index contributed by atoms with van der Waals surface area (Å²) in [4.78, 5) is 12.1. The number of rotatable bonds is 2. The van der Waals surface area contributed by atoms with Crippen LogP contribution in [0.5, 0.6) is 5.75 Å². The van der Waals surface area contributed by atoms with Crippen molar-refractivity contribution in [3.63, 3.8) is 0 Å². The second-order valence-corrected chi connectivity index (χ2v) is 4.82. The summed E-state index contributed by atoms with van der Waals surface area (Å²) >= 11 is 0. The van der Waals surface area contributed by atoms with Crippen LogP contribution in [-0.2, 0) is 4.79 Å². The molecule has 1 aliphatic rings. The lowest BCUT2D eigenvalue weighted by atomic mass is 10.1. The van der Waals surface area contributed by atoms with Crippen molar-refractivity contribution in [1.29, 1.82) is 0 Å². The van der Waals surface area contributed by atoms with E-state index in [4.69, 9.17) is 0 Å². The van der Waals surface area contributed by atoms with Crippen LogP contribution in [0.3, 0.4) is 0 Å². The zero-order valence-corrected chi connectivity index (χ0v) is 10.5. The molecule has 19 heavy (non-hydrogen) atoms. The molecule has 0 aliphatic carbocycles. The summed E-state index contributed by atoms with van der Waals surface area (Å²) in [7, 11) is 0. The van der Waals surface area contributed by atoms with Gasteiger partial charge in [0.25, 0.3) is 0 Å². The second kappa shape index (κ2) is 4.90. The van der Waals surface area contributed by atoms with Crippen molar-refractivity contribution in [3.05, 3.63) is 36.4 Å². The van der Waals surface area contributed by atoms with Gasteiger partial charge in [0.1, 0.15) is 5.75 Å². The van der Waals surface area contributed by atoms with Gasteiger partial charge in [-0.1, -0.05) is 24.3 Å². The Kier molecular flexibility index (Phi) is 3.09. The number of hydrogen-bond donors (Lipinski definition) is 3. The Morgan fingerprint density at radius 1 is 1.21 bits per heavy atom. The molecule has 4 heteroatoms. The first-order valence-corrected chi connectivity index (χ1v) is 6.50. The number of aromatic hydroxyl groups is 1. The number of anilines is 1. The highest BCUT2D eigenvalue weighted by Gasteiger charge is 2.22. The zero-order chi connectivity index (χ0) is 13.2. The van der Waals surface area contributed by atoms with Crippen LogP contribution in [0, 0.1) is 0 Å². The van der Waals surface area contributed by atoms with Gasteiger partial charge in [-0.15, -0.1) is 0 Å². The number of phenols is 1. The van der Waals surface area contributed by atoms with Crippen LogP contribution in [0.4, 0.5) is 5.69 Å². The maximum absolute atomic E-state index is 12.1. The predicted molar refractivity (Wildman–Crippen MR) is 75.3 cm³/mol. The first-order chi connectivity index (χ1) is 9.25. The van der Waals surface area contributed by atoms with Gasteiger partial charge in [0.05, 0.1) is 6.04 Å². The molecule has 1 heterocycles. The Labute approximate surface area is 111 Å². The van der Waals surface area contributed by atoms with Gasteiger partial charge in [-0.25, -0.2) is 0 Å². The van der Waals surface area contributed by atoms with Crippen LogP contribution < -0.4 is 10.6 Å². The second-order valence-electron chi connectivity index (χ2n) is 4.82. The average molecular weight is 256 g/mol. The number of phenolic OH excluding ortho intramolecular Hbond substituents is 1. The van der Waals surface area contributed by atoms with Gasteiger partial charge in [-0.05, 0) is 31.5 Å². The average Bonchev–Trinajstić information content (AvgIpc) is 2.94. The highest BCUT2D eigenvalue weighted by molar-refractivity contribution is 6.05. The minimum Gasteiger partial charge on any atom is -0.507 e. The van der Waals surface area contributed by atoms with E-state index in [1.807, 2.05) is 24.3 Å². The number of carbonyl (C=O) groups is 1. The first-order valence-electron chi connectivity index (χ1n) is 6.50. The van der Waals surface area contributed by atoms with Crippen molar-refractivity contribution in [2.45, 2.75) is 18.9 Å². The van der Waals surface area contributed by atoms with E-state index in [0.717, 1.165) is 35.8 Å². The molecule has 1 aliphatic heterocycles. The molecule has 2 aromatic carbocycles. The summed E-state index contributed by atoms with van der Waals surface area (Å²) in [5.74, 6) is 0.223. The Bertz CT molecular complexity index is 619. The number of nitrogens with one attached hydrogen (secondary N) is 2. The van der Waals surface area contributed by atoms with Crippen molar-refractivity contribution < 1.29 is 9.90 Å². The third-order valence-electron chi connectivity index (χ3n) is 3.53. The summed E-state index contributed by atoms with van der Waals surface area (Å²) in [5, 5.41) is 17.5. The zero-order valence-electron chi connectivity index (χ0n) is 10.5. The summed E-state index contributed by atoms with van der Waals surface area (Å²) in [6.07, 6.45) is 1.91. The predicted octanol–water partition coefficient (Wildman–Crippen LogP) is 2.24. The quantitative estimate of drug-likeness (QED) is 0.772. The number of fused-ring (bicyclic) bond motifs is 1. The van der Waals surface area contributed by atoms with Crippen LogP contribution in [0.2, 0.25) is 0 Å². The smallest absolute Gasteiger partial charge is 0.241 e. The summed E-state index contributed by atoms with van der Waals surface area (Å²) < 4.78 is 0. The monoisotopic (exact) mass is 256 g/mol.